The molecule has 4 rings (SSSR count). The first-order valence-electron chi connectivity index (χ1n) is 9.75. The first-order chi connectivity index (χ1) is 14.8. The Hall–Kier alpha value is -2.16. The van der Waals surface area contributed by atoms with Crippen molar-refractivity contribution in [3.05, 3.63) is 63.5 Å². The van der Waals surface area contributed by atoms with E-state index >= 15 is 0 Å². The van der Waals surface area contributed by atoms with E-state index in [-0.39, 0.29) is 0 Å². The van der Waals surface area contributed by atoms with Crippen molar-refractivity contribution in [1.29, 1.82) is 0 Å². The second kappa shape index (κ2) is 9.14. The van der Waals surface area contributed by atoms with Gasteiger partial charge in [-0.1, -0.05) is 45.7 Å². The molecule has 0 unspecified atom stereocenters. The van der Waals surface area contributed by atoms with E-state index < -0.39 is 29.2 Å². The van der Waals surface area contributed by atoms with Crippen LogP contribution in [-0.4, -0.2) is 22.8 Å². The second-order valence-corrected chi connectivity index (χ2v) is 9.76. The van der Waals surface area contributed by atoms with Gasteiger partial charge in [0.1, 0.15) is 0 Å². The Labute approximate surface area is 197 Å². The molecule has 0 bridgehead atoms. The van der Waals surface area contributed by atoms with Crippen molar-refractivity contribution in [3.8, 4) is 0 Å². The molecule has 0 aromatic heterocycles. The Morgan fingerprint density at radius 1 is 1.10 bits per heavy atom. The molecule has 1 fully saturated rings. The lowest BCUT2D eigenvalue weighted by molar-refractivity contribution is -0.249. The number of amides is 1. The topological polar surface area (TPSA) is 84.9 Å². The summed E-state index contributed by atoms with van der Waals surface area (Å²) >= 11 is 10.9. The maximum Gasteiger partial charge on any atom is 0.354 e. The number of rotatable bonds is 4. The number of esters is 1. The molecule has 1 spiro atoms. The van der Waals surface area contributed by atoms with Gasteiger partial charge in [-0.3, -0.25) is 4.79 Å². The zero-order valence-corrected chi connectivity index (χ0v) is 19.5. The highest BCUT2D eigenvalue weighted by Crippen LogP contribution is 2.39. The van der Waals surface area contributed by atoms with Crippen molar-refractivity contribution in [2.45, 2.75) is 47.7 Å². The van der Waals surface area contributed by atoms with E-state index in [0.717, 1.165) is 28.6 Å². The molecule has 1 amide bonds. The molecule has 1 heterocycles. The van der Waals surface area contributed by atoms with Crippen molar-refractivity contribution < 1.29 is 24.2 Å². The van der Waals surface area contributed by atoms with Crippen LogP contribution in [0, 0.1) is 0 Å². The Morgan fingerprint density at radius 3 is 2.48 bits per heavy atom. The van der Waals surface area contributed by atoms with Crippen LogP contribution in [-0.2, 0) is 19.1 Å². The number of benzene rings is 2. The molecule has 1 aliphatic heterocycles. The minimum absolute atomic E-state index is 0.438. The summed E-state index contributed by atoms with van der Waals surface area (Å²) in [6, 6.07) is 12.6. The van der Waals surface area contributed by atoms with Crippen LogP contribution >= 0.6 is 39.3 Å². The largest absolute Gasteiger partial charge is 0.480 e. The molecule has 6 nitrogen and oxygen atoms in total. The third-order valence-electron chi connectivity index (χ3n) is 5.06. The minimum atomic E-state index is -1.17. The van der Waals surface area contributed by atoms with Gasteiger partial charge in [0.2, 0.25) is 5.57 Å². The molecular weight excluding hydrogens is 506 g/mol. The summed E-state index contributed by atoms with van der Waals surface area (Å²) in [6.07, 6.45) is 3.63. The molecule has 162 valence electrons. The van der Waals surface area contributed by atoms with Gasteiger partial charge >= 0.3 is 11.9 Å². The van der Waals surface area contributed by atoms with Crippen LogP contribution in [0.25, 0.3) is 0 Å². The van der Waals surface area contributed by atoms with Crippen molar-refractivity contribution >= 4 is 56.9 Å². The lowest BCUT2D eigenvalue weighted by Gasteiger charge is -2.38. The Bertz CT molecular complexity index is 1050. The maximum absolute atomic E-state index is 12.8. The van der Waals surface area contributed by atoms with Crippen molar-refractivity contribution in [2.75, 3.05) is 5.32 Å². The number of anilines is 1. The number of ether oxygens (including phenoxy) is 2. The molecule has 1 aliphatic carbocycles. The van der Waals surface area contributed by atoms with Crippen LogP contribution < -0.4 is 5.32 Å². The molecule has 2 aromatic rings. The maximum atomic E-state index is 12.8. The Kier molecular flexibility index (Phi) is 6.50. The molecule has 2 aliphatic rings. The van der Waals surface area contributed by atoms with Crippen LogP contribution in [0.5, 0.6) is 0 Å². The fourth-order valence-corrected chi connectivity index (χ4v) is 4.98. The van der Waals surface area contributed by atoms with E-state index in [1.54, 1.807) is 18.2 Å². The first-order valence-corrected chi connectivity index (χ1v) is 11.7. The number of carbonyl (C=O) groups excluding carboxylic acids is 2. The van der Waals surface area contributed by atoms with E-state index in [9.17, 15) is 14.7 Å². The summed E-state index contributed by atoms with van der Waals surface area (Å²) in [7, 11) is 0. The summed E-state index contributed by atoms with van der Waals surface area (Å²) in [5.74, 6) is -3.58. The average Bonchev–Trinajstić information content (AvgIpc) is 2.71. The van der Waals surface area contributed by atoms with Crippen molar-refractivity contribution in [2.24, 2.45) is 0 Å². The summed E-state index contributed by atoms with van der Waals surface area (Å²) in [5, 5.41) is 13.5. The molecule has 2 N–H and O–H groups in total. The lowest BCUT2D eigenvalue weighted by atomic mass is 9.93. The summed E-state index contributed by atoms with van der Waals surface area (Å²) < 4.78 is 11.9. The fourth-order valence-electron chi connectivity index (χ4n) is 3.54. The number of aliphatic hydroxyl groups excluding tert-OH is 1. The molecule has 1 saturated carbocycles. The van der Waals surface area contributed by atoms with Gasteiger partial charge in [0.05, 0.1) is 5.69 Å². The quantitative estimate of drug-likeness (QED) is 0.366. The normalized spacial score (nSPS) is 17.8. The molecule has 31 heavy (non-hydrogen) atoms. The van der Waals surface area contributed by atoms with Crippen LogP contribution in [0.4, 0.5) is 5.69 Å². The third kappa shape index (κ3) is 5.02. The van der Waals surface area contributed by atoms with Gasteiger partial charge in [-0.25, -0.2) is 4.79 Å². The minimum Gasteiger partial charge on any atom is -0.480 e. The van der Waals surface area contributed by atoms with E-state index in [1.165, 1.54) is 11.8 Å². The third-order valence-corrected chi connectivity index (χ3v) is 6.88. The number of nitrogens with one attached hydrogen (secondary N) is 1. The zero-order chi connectivity index (χ0) is 22.0. The SMILES string of the molecule is O=C(Nc1ccc(Cl)cc1Sc1ccc(Br)cc1)C1=C(O)OC2(CCCCC2)OC1=O. The first kappa shape index (κ1) is 22.0. The Balaban J connectivity index is 1.56. The summed E-state index contributed by atoms with van der Waals surface area (Å²) in [6.45, 7) is 0. The van der Waals surface area contributed by atoms with Crippen LogP contribution in [0.2, 0.25) is 5.02 Å². The predicted molar refractivity (Wildman–Crippen MR) is 121 cm³/mol. The number of aliphatic hydroxyl groups is 1. The molecule has 0 atom stereocenters. The van der Waals surface area contributed by atoms with Crippen LogP contribution in [0.15, 0.2) is 68.2 Å². The van der Waals surface area contributed by atoms with E-state index in [4.69, 9.17) is 21.1 Å². The standard InChI is InChI=1S/C22H19BrClNO5S/c23-13-4-7-15(8-5-13)31-17-12-14(24)6-9-16(17)25-19(26)18-20(27)29-22(30-21(18)28)10-2-1-3-11-22/h4-9,12,27H,1-3,10-11H2,(H,25,26). The molecular formula is C22H19BrClNO5S. The highest BCUT2D eigenvalue weighted by molar-refractivity contribution is 9.10. The Morgan fingerprint density at radius 2 is 1.81 bits per heavy atom. The van der Waals surface area contributed by atoms with Crippen molar-refractivity contribution in [1.82, 2.24) is 0 Å². The average molecular weight is 525 g/mol. The number of hydrogen-bond acceptors (Lipinski definition) is 6. The van der Waals surface area contributed by atoms with Gasteiger partial charge < -0.3 is 19.9 Å². The molecule has 9 heteroatoms. The zero-order valence-electron chi connectivity index (χ0n) is 16.3. The van der Waals surface area contributed by atoms with Gasteiger partial charge in [0.25, 0.3) is 11.7 Å². The molecule has 0 radical (unpaired) electrons. The number of carbonyl (C=O) groups is 2. The molecule has 0 saturated heterocycles. The van der Waals surface area contributed by atoms with Gasteiger partial charge in [-0.05, 0) is 55.3 Å². The predicted octanol–water partition coefficient (Wildman–Crippen LogP) is 6.20. The lowest BCUT2D eigenvalue weighted by Crippen LogP contribution is -2.45. The number of halogens is 2. The van der Waals surface area contributed by atoms with Gasteiger partial charge in [-0.15, -0.1) is 0 Å². The highest BCUT2D eigenvalue weighted by atomic mass is 79.9. The second-order valence-electron chi connectivity index (χ2n) is 7.29. The fraction of sp³-hybridized carbons (Fsp3) is 0.273. The van der Waals surface area contributed by atoms with Crippen LogP contribution in [0.1, 0.15) is 32.1 Å². The van der Waals surface area contributed by atoms with Gasteiger partial charge in [-0.2, -0.15) is 0 Å². The monoisotopic (exact) mass is 523 g/mol. The van der Waals surface area contributed by atoms with E-state index in [0.29, 0.717) is 28.4 Å². The van der Waals surface area contributed by atoms with E-state index in [2.05, 4.69) is 21.2 Å². The summed E-state index contributed by atoms with van der Waals surface area (Å²) in [5.41, 5.74) is -0.112. The number of hydrogen-bond donors (Lipinski definition) is 2. The van der Waals surface area contributed by atoms with Crippen LogP contribution in [0.3, 0.4) is 0 Å². The molecule has 2 aromatic carbocycles. The van der Waals surface area contributed by atoms with Crippen molar-refractivity contribution in [3.63, 3.8) is 0 Å². The van der Waals surface area contributed by atoms with Gasteiger partial charge in [0.15, 0.2) is 0 Å². The highest BCUT2D eigenvalue weighted by Gasteiger charge is 2.46. The van der Waals surface area contributed by atoms with E-state index in [1.807, 2.05) is 24.3 Å². The smallest absolute Gasteiger partial charge is 0.354 e. The van der Waals surface area contributed by atoms with Gasteiger partial charge in [0, 0.05) is 32.1 Å². The summed E-state index contributed by atoms with van der Waals surface area (Å²) in [4.78, 5) is 27.0.